The molecule has 3 aromatic carbocycles. The Morgan fingerprint density at radius 3 is 2.19 bits per heavy atom. The smallest absolute Gasteiger partial charge is 0.123 e. The van der Waals surface area contributed by atoms with Crippen molar-refractivity contribution in [3.05, 3.63) is 48.5 Å². The topological polar surface area (TPSA) is 20.2 Å². The van der Waals surface area contributed by atoms with E-state index in [4.69, 9.17) is 0 Å². The lowest BCUT2D eigenvalue weighted by atomic mass is 10.0. The van der Waals surface area contributed by atoms with Crippen molar-refractivity contribution in [3.8, 4) is 5.75 Å². The van der Waals surface area contributed by atoms with Crippen molar-refractivity contribution < 1.29 is 5.11 Å². The van der Waals surface area contributed by atoms with E-state index >= 15 is 0 Å². The van der Waals surface area contributed by atoms with Gasteiger partial charge in [0.2, 0.25) is 0 Å². The summed E-state index contributed by atoms with van der Waals surface area (Å²) < 4.78 is 0. The monoisotopic (exact) mass is 226 g/mol. The quantitative estimate of drug-likeness (QED) is 0.438. The Balaban J connectivity index is 2.64. The molecule has 16 heavy (non-hydrogen) atoms. The number of thiol groups is 1. The summed E-state index contributed by atoms with van der Waals surface area (Å²) in [7, 11) is 0. The van der Waals surface area contributed by atoms with E-state index in [1.165, 1.54) is 0 Å². The Morgan fingerprint density at radius 2 is 1.38 bits per heavy atom. The van der Waals surface area contributed by atoms with Gasteiger partial charge in [-0.05, 0) is 28.3 Å². The molecule has 2 heteroatoms. The van der Waals surface area contributed by atoms with E-state index in [-0.39, 0.29) is 0 Å². The van der Waals surface area contributed by atoms with Crippen LogP contribution in [0.2, 0.25) is 0 Å². The maximum Gasteiger partial charge on any atom is 0.123 e. The van der Waals surface area contributed by atoms with Crippen LogP contribution in [0.5, 0.6) is 5.75 Å². The third-order valence-electron chi connectivity index (χ3n) is 2.86. The maximum absolute atomic E-state index is 9.82. The van der Waals surface area contributed by atoms with Crippen LogP contribution in [0.4, 0.5) is 0 Å². The number of hydrogen-bond donors (Lipinski definition) is 2. The van der Waals surface area contributed by atoms with Crippen molar-refractivity contribution in [1.82, 2.24) is 0 Å². The predicted molar refractivity (Wildman–Crippen MR) is 70.4 cm³/mol. The molecule has 3 rings (SSSR count). The zero-order valence-electron chi connectivity index (χ0n) is 8.51. The fourth-order valence-corrected chi connectivity index (χ4v) is 2.42. The molecule has 0 aliphatic carbocycles. The van der Waals surface area contributed by atoms with Gasteiger partial charge in [-0.1, -0.05) is 36.4 Å². The van der Waals surface area contributed by atoms with Crippen LogP contribution in [-0.2, 0) is 0 Å². The lowest BCUT2D eigenvalue weighted by Gasteiger charge is -2.07. The van der Waals surface area contributed by atoms with Crippen molar-refractivity contribution >= 4 is 34.2 Å². The Hall–Kier alpha value is -1.67. The molecule has 0 aliphatic heterocycles. The van der Waals surface area contributed by atoms with Gasteiger partial charge in [-0.15, -0.1) is 12.6 Å². The van der Waals surface area contributed by atoms with Crippen LogP contribution in [0.3, 0.4) is 0 Å². The van der Waals surface area contributed by atoms with Crippen LogP contribution in [0, 0.1) is 0 Å². The van der Waals surface area contributed by atoms with Gasteiger partial charge in [0, 0.05) is 10.3 Å². The van der Waals surface area contributed by atoms with Gasteiger partial charge in [-0.3, -0.25) is 0 Å². The van der Waals surface area contributed by atoms with Crippen molar-refractivity contribution in [1.29, 1.82) is 0 Å². The highest BCUT2D eigenvalue weighted by molar-refractivity contribution is 7.80. The minimum absolute atomic E-state index is 0.304. The molecule has 0 saturated carbocycles. The van der Waals surface area contributed by atoms with E-state index in [1.807, 2.05) is 36.4 Å². The molecule has 0 aromatic heterocycles. The first-order chi connectivity index (χ1) is 7.77. The fourth-order valence-electron chi connectivity index (χ4n) is 2.10. The molecular formula is C14H10OS. The maximum atomic E-state index is 9.82. The number of phenols is 1. The van der Waals surface area contributed by atoms with Gasteiger partial charge in [0.05, 0.1) is 0 Å². The average Bonchev–Trinajstić information content (AvgIpc) is 2.31. The second kappa shape index (κ2) is 3.42. The standard InChI is InChI=1S/C14H10OS/c15-13-7-3-6-10-9-4-1-2-5-11(9)14(16)8-12(10)13/h1-8,15-16H. The summed E-state index contributed by atoms with van der Waals surface area (Å²) in [4.78, 5) is 0.893. The molecule has 0 bridgehead atoms. The Morgan fingerprint density at radius 1 is 0.750 bits per heavy atom. The largest absolute Gasteiger partial charge is 0.507 e. The predicted octanol–water partition coefficient (Wildman–Crippen LogP) is 3.99. The third-order valence-corrected chi connectivity index (χ3v) is 3.23. The summed E-state index contributed by atoms with van der Waals surface area (Å²) in [5.74, 6) is 0.304. The molecule has 0 radical (unpaired) electrons. The van der Waals surface area contributed by atoms with Gasteiger partial charge in [0.25, 0.3) is 0 Å². The average molecular weight is 226 g/mol. The second-order valence-electron chi connectivity index (χ2n) is 3.81. The van der Waals surface area contributed by atoms with Gasteiger partial charge in [0.15, 0.2) is 0 Å². The molecule has 0 fully saturated rings. The molecule has 0 aliphatic rings. The van der Waals surface area contributed by atoms with Crippen LogP contribution >= 0.6 is 12.6 Å². The Labute approximate surface area is 98.7 Å². The molecule has 0 heterocycles. The lowest BCUT2D eigenvalue weighted by molar-refractivity contribution is 0.481. The van der Waals surface area contributed by atoms with Gasteiger partial charge in [-0.25, -0.2) is 0 Å². The number of rotatable bonds is 0. The van der Waals surface area contributed by atoms with Crippen LogP contribution in [0.25, 0.3) is 21.5 Å². The first kappa shape index (κ1) is 9.55. The van der Waals surface area contributed by atoms with Gasteiger partial charge in [0.1, 0.15) is 5.75 Å². The lowest BCUT2D eigenvalue weighted by Crippen LogP contribution is -1.80. The van der Waals surface area contributed by atoms with Crippen molar-refractivity contribution in [2.75, 3.05) is 0 Å². The Bertz CT molecular complexity index is 683. The summed E-state index contributed by atoms with van der Waals surface area (Å²) in [6, 6.07) is 15.6. The number of phenolic OH excluding ortho intramolecular Hbond substituents is 1. The molecule has 0 saturated heterocycles. The van der Waals surface area contributed by atoms with Crippen LogP contribution in [0.15, 0.2) is 53.4 Å². The van der Waals surface area contributed by atoms with Crippen LogP contribution in [0.1, 0.15) is 0 Å². The normalized spacial score (nSPS) is 11.1. The minimum atomic E-state index is 0.304. The highest BCUT2D eigenvalue weighted by Crippen LogP contribution is 2.34. The van der Waals surface area contributed by atoms with Crippen LogP contribution < -0.4 is 0 Å². The number of fused-ring (bicyclic) bond motifs is 3. The summed E-state index contributed by atoms with van der Waals surface area (Å²) in [5.41, 5.74) is 0. The molecule has 0 atom stereocenters. The first-order valence-electron chi connectivity index (χ1n) is 5.10. The summed E-state index contributed by atoms with van der Waals surface area (Å²) in [6.07, 6.45) is 0. The van der Waals surface area contributed by atoms with Crippen molar-refractivity contribution in [3.63, 3.8) is 0 Å². The van der Waals surface area contributed by atoms with Crippen LogP contribution in [-0.4, -0.2) is 5.11 Å². The highest BCUT2D eigenvalue weighted by Gasteiger charge is 2.06. The molecular weight excluding hydrogens is 216 g/mol. The van der Waals surface area contributed by atoms with Crippen molar-refractivity contribution in [2.24, 2.45) is 0 Å². The Kier molecular flexibility index (Phi) is 2.04. The van der Waals surface area contributed by atoms with Crippen molar-refractivity contribution in [2.45, 2.75) is 4.90 Å². The zero-order chi connectivity index (χ0) is 11.1. The van der Waals surface area contributed by atoms with E-state index < -0.39 is 0 Å². The second-order valence-corrected chi connectivity index (χ2v) is 4.30. The SMILES string of the molecule is Oc1cccc2c1cc(S)c1ccccc12. The number of benzene rings is 3. The summed E-state index contributed by atoms with van der Waals surface area (Å²) >= 11 is 4.46. The summed E-state index contributed by atoms with van der Waals surface area (Å²) in [6.45, 7) is 0. The minimum Gasteiger partial charge on any atom is -0.507 e. The summed E-state index contributed by atoms with van der Waals surface area (Å²) in [5, 5.41) is 14.0. The first-order valence-corrected chi connectivity index (χ1v) is 5.54. The van der Waals surface area contributed by atoms with E-state index in [0.717, 1.165) is 26.4 Å². The molecule has 78 valence electrons. The molecule has 0 spiro atoms. The van der Waals surface area contributed by atoms with Gasteiger partial charge < -0.3 is 5.11 Å². The van der Waals surface area contributed by atoms with E-state index in [1.54, 1.807) is 6.07 Å². The zero-order valence-corrected chi connectivity index (χ0v) is 9.41. The molecule has 0 amide bonds. The highest BCUT2D eigenvalue weighted by atomic mass is 32.1. The van der Waals surface area contributed by atoms with E-state index in [0.29, 0.717) is 5.75 Å². The number of hydrogen-bond acceptors (Lipinski definition) is 2. The number of aromatic hydroxyl groups is 1. The molecule has 1 nitrogen and oxygen atoms in total. The molecule has 0 unspecified atom stereocenters. The van der Waals surface area contributed by atoms with E-state index in [9.17, 15) is 5.11 Å². The van der Waals surface area contributed by atoms with Gasteiger partial charge in [-0.2, -0.15) is 0 Å². The third kappa shape index (κ3) is 1.27. The fraction of sp³-hybridized carbons (Fsp3) is 0. The van der Waals surface area contributed by atoms with Gasteiger partial charge >= 0.3 is 0 Å². The molecule has 3 aromatic rings. The molecule has 1 N–H and O–H groups in total. The van der Waals surface area contributed by atoms with E-state index in [2.05, 4.69) is 18.7 Å².